The van der Waals surface area contributed by atoms with Gasteiger partial charge < -0.3 is 15.4 Å². The van der Waals surface area contributed by atoms with Crippen LogP contribution in [-0.2, 0) is 14.3 Å². The molecule has 2 N–H and O–H groups in total. The molecular weight excluding hydrogens is 401 g/mol. The van der Waals surface area contributed by atoms with Gasteiger partial charge in [0.05, 0.1) is 24.5 Å². The maximum absolute atomic E-state index is 14.9. The number of fused-ring (bicyclic) bond motifs is 1. The smallest absolute Gasteiger partial charge is 0.414 e. The van der Waals surface area contributed by atoms with E-state index in [-0.39, 0.29) is 30.5 Å². The van der Waals surface area contributed by atoms with Crippen LogP contribution in [0.2, 0.25) is 0 Å². The van der Waals surface area contributed by atoms with Crippen molar-refractivity contribution >= 4 is 40.9 Å². The maximum atomic E-state index is 14.9. The summed E-state index contributed by atoms with van der Waals surface area (Å²) >= 11 is 0. The van der Waals surface area contributed by atoms with Crippen LogP contribution in [0.3, 0.4) is 0 Å². The third-order valence-corrected chi connectivity index (χ3v) is 5.42. The number of cyclic esters (lactones) is 1. The van der Waals surface area contributed by atoms with Gasteiger partial charge in [0.2, 0.25) is 5.91 Å². The highest BCUT2D eigenvalue weighted by Crippen LogP contribution is 2.38. The quantitative estimate of drug-likeness (QED) is 0.738. The first-order valence-electron chi connectivity index (χ1n) is 9.90. The van der Waals surface area contributed by atoms with Crippen molar-refractivity contribution in [3.05, 3.63) is 58.4 Å². The largest absolute Gasteiger partial charge is 0.442 e. The molecule has 4 rings (SSSR count). The third-order valence-electron chi connectivity index (χ3n) is 5.42. The lowest BCUT2D eigenvalue weighted by Crippen LogP contribution is -2.33. The molecule has 31 heavy (non-hydrogen) atoms. The zero-order chi connectivity index (χ0) is 22.3. The summed E-state index contributed by atoms with van der Waals surface area (Å²) in [5.41, 5.74) is 4.37. The van der Waals surface area contributed by atoms with Gasteiger partial charge in [0.25, 0.3) is 5.91 Å². The first-order chi connectivity index (χ1) is 14.7. The number of carbonyl (C=O) groups is 3. The number of hydrogen-bond acceptors (Lipinski definition) is 4. The molecule has 0 bridgehead atoms. The van der Waals surface area contributed by atoms with E-state index in [9.17, 15) is 18.8 Å². The molecule has 2 aromatic carbocycles. The van der Waals surface area contributed by atoms with E-state index in [0.717, 1.165) is 22.4 Å². The van der Waals surface area contributed by atoms with Crippen LogP contribution in [-0.4, -0.2) is 37.1 Å². The molecule has 2 aliphatic rings. The molecular formula is C23H22FN3O4. The molecule has 0 radical (unpaired) electrons. The zero-order valence-electron chi connectivity index (χ0n) is 17.4. The number of carbonyl (C=O) groups excluding carboxylic acids is 3. The number of nitrogens with one attached hydrogen (secondary N) is 2. The number of benzene rings is 2. The number of nitrogens with zero attached hydrogens (tertiary/aromatic N) is 1. The summed E-state index contributed by atoms with van der Waals surface area (Å²) in [5, 5.41) is 5.45. The van der Waals surface area contributed by atoms with Gasteiger partial charge in [-0.15, -0.1) is 0 Å². The Labute approximate surface area is 178 Å². The van der Waals surface area contributed by atoms with Crippen LogP contribution in [0.1, 0.15) is 29.2 Å². The fraction of sp³-hybridized carbons (Fsp3) is 0.261. The molecule has 160 valence electrons. The Kier molecular flexibility index (Phi) is 5.22. The van der Waals surface area contributed by atoms with Gasteiger partial charge in [-0.3, -0.25) is 14.5 Å². The summed E-state index contributed by atoms with van der Waals surface area (Å²) in [4.78, 5) is 37.0. The monoisotopic (exact) mass is 423 g/mol. The molecule has 7 nitrogen and oxygen atoms in total. The zero-order valence-corrected chi connectivity index (χ0v) is 17.4. The van der Waals surface area contributed by atoms with E-state index in [2.05, 4.69) is 10.6 Å². The second-order valence-corrected chi connectivity index (χ2v) is 7.72. The Morgan fingerprint density at radius 3 is 2.71 bits per heavy atom. The summed E-state index contributed by atoms with van der Waals surface area (Å²) in [7, 11) is 0. The van der Waals surface area contributed by atoms with Gasteiger partial charge in [-0.25, -0.2) is 9.18 Å². The summed E-state index contributed by atoms with van der Waals surface area (Å²) in [5.74, 6) is -1.06. The molecule has 2 aliphatic heterocycles. The second kappa shape index (κ2) is 7.86. The molecule has 0 unspecified atom stereocenters. The van der Waals surface area contributed by atoms with Crippen LogP contribution in [0.4, 0.5) is 20.6 Å². The summed E-state index contributed by atoms with van der Waals surface area (Å²) in [6.07, 6.45) is 0.413. The van der Waals surface area contributed by atoms with Crippen molar-refractivity contribution < 1.29 is 23.5 Å². The van der Waals surface area contributed by atoms with Crippen LogP contribution in [0.5, 0.6) is 0 Å². The lowest BCUT2D eigenvalue weighted by Gasteiger charge is -2.14. The third kappa shape index (κ3) is 3.88. The maximum Gasteiger partial charge on any atom is 0.414 e. The minimum Gasteiger partial charge on any atom is -0.442 e. The van der Waals surface area contributed by atoms with Crippen molar-refractivity contribution in [1.82, 2.24) is 5.32 Å². The first-order valence-corrected chi connectivity index (χ1v) is 9.90. The van der Waals surface area contributed by atoms with Crippen LogP contribution >= 0.6 is 0 Å². The second-order valence-electron chi connectivity index (χ2n) is 7.72. The molecule has 1 atom stereocenters. The Balaban J connectivity index is 1.60. The van der Waals surface area contributed by atoms with Crippen molar-refractivity contribution in [2.75, 3.05) is 23.3 Å². The van der Waals surface area contributed by atoms with Crippen molar-refractivity contribution in [3.63, 3.8) is 0 Å². The molecule has 3 amide bonds. The van der Waals surface area contributed by atoms with E-state index in [4.69, 9.17) is 4.74 Å². The lowest BCUT2D eigenvalue weighted by molar-refractivity contribution is -0.119. The van der Waals surface area contributed by atoms with Crippen LogP contribution in [0, 0.1) is 19.7 Å². The Bertz CT molecular complexity index is 1140. The number of halogens is 1. The van der Waals surface area contributed by atoms with Crippen LogP contribution in [0.25, 0.3) is 11.6 Å². The number of rotatable bonds is 4. The lowest BCUT2D eigenvalue weighted by atomic mass is 9.97. The van der Waals surface area contributed by atoms with E-state index in [1.54, 1.807) is 6.07 Å². The molecule has 1 fully saturated rings. The van der Waals surface area contributed by atoms with E-state index in [0.29, 0.717) is 11.3 Å². The average Bonchev–Trinajstić information content (AvgIpc) is 3.25. The molecule has 2 aromatic rings. The highest BCUT2D eigenvalue weighted by atomic mass is 19.1. The predicted octanol–water partition coefficient (Wildman–Crippen LogP) is 3.40. The molecule has 8 heteroatoms. The fourth-order valence-electron chi connectivity index (χ4n) is 3.80. The van der Waals surface area contributed by atoms with Gasteiger partial charge >= 0.3 is 6.09 Å². The summed E-state index contributed by atoms with van der Waals surface area (Å²) in [6.45, 7) is 5.58. The van der Waals surface area contributed by atoms with Gasteiger partial charge in [-0.05, 0) is 49.2 Å². The number of amides is 3. The standard InChI is InChI=1S/C23H22FN3O4/c1-12-4-5-13(2)21-20(12)18(22(29)26-21)8-15-6-7-16(9-19(15)24)27-11-17(31-23(27)30)10-25-14(3)28/h4-9,17H,10-11H2,1-3H3,(H,25,28)(H,26,29)/t17-/m0/s1. The van der Waals surface area contributed by atoms with E-state index >= 15 is 0 Å². The van der Waals surface area contributed by atoms with Gasteiger partial charge in [0.15, 0.2) is 0 Å². The van der Waals surface area contributed by atoms with Crippen molar-refractivity contribution in [1.29, 1.82) is 0 Å². The highest BCUT2D eigenvalue weighted by molar-refractivity contribution is 6.35. The molecule has 0 saturated carbocycles. The normalized spacial score (nSPS) is 18.8. The molecule has 0 aromatic heterocycles. The average molecular weight is 423 g/mol. The molecule has 0 aliphatic carbocycles. The minimum atomic E-state index is -0.601. The van der Waals surface area contributed by atoms with Crippen LogP contribution in [0.15, 0.2) is 30.3 Å². The Hall–Kier alpha value is -3.68. The molecule has 0 spiro atoms. The van der Waals surface area contributed by atoms with E-state index in [1.807, 2.05) is 26.0 Å². The Morgan fingerprint density at radius 1 is 1.26 bits per heavy atom. The number of hydrogen-bond donors (Lipinski definition) is 2. The van der Waals surface area contributed by atoms with Gasteiger partial charge in [-0.1, -0.05) is 12.1 Å². The Morgan fingerprint density at radius 2 is 2.00 bits per heavy atom. The topological polar surface area (TPSA) is 87.7 Å². The first kappa shape index (κ1) is 20.6. The van der Waals surface area contributed by atoms with Crippen molar-refractivity contribution in [2.45, 2.75) is 26.9 Å². The van der Waals surface area contributed by atoms with Crippen molar-refractivity contribution in [2.24, 2.45) is 0 Å². The SMILES string of the molecule is CC(=O)NC[C@H]1CN(c2ccc(C=C3C(=O)Nc4c(C)ccc(C)c43)c(F)c2)C(=O)O1. The molecule has 1 saturated heterocycles. The minimum absolute atomic E-state index is 0.192. The van der Waals surface area contributed by atoms with Crippen LogP contribution < -0.4 is 15.5 Å². The fourth-order valence-corrected chi connectivity index (χ4v) is 3.80. The number of aryl methyl sites for hydroxylation is 2. The molecule has 2 heterocycles. The highest BCUT2D eigenvalue weighted by Gasteiger charge is 2.33. The number of ether oxygens (including phenoxy) is 1. The van der Waals surface area contributed by atoms with E-state index in [1.165, 1.54) is 30.0 Å². The van der Waals surface area contributed by atoms with Gasteiger partial charge in [0, 0.05) is 23.6 Å². The van der Waals surface area contributed by atoms with E-state index < -0.39 is 18.0 Å². The van der Waals surface area contributed by atoms with Gasteiger partial charge in [0.1, 0.15) is 11.9 Å². The summed E-state index contributed by atoms with van der Waals surface area (Å²) < 4.78 is 20.1. The van der Waals surface area contributed by atoms with Crippen molar-refractivity contribution in [3.8, 4) is 0 Å². The van der Waals surface area contributed by atoms with Gasteiger partial charge in [-0.2, -0.15) is 0 Å². The predicted molar refractivity (Wildman–Crippen MR) is 115 cm³/mol. The summed E-state index contributed by atoms with van der Waals surface area (Å²) in [6, 6.07) is 8.24. The number of anilines is 2.